The highest BCUT2D eigenvalue weighted by Gasteiger charge is 2.37. The number of ether oxygens (including phenoxy) is 2. The molecule has 1 aliphatic heterocycles. The fraction of sp³-hybridized carbons (Fsp3) is 0.462. The Morgan fingerprint density at radius 1 is 1.48 bits per heavy atom. The first-order valence-electron chi connectivity index (χ1n) is 6.14. The van der Waals surface area contributed by atoms with Gasteiger partial charge in [0.2, 0.25) is 0 Å². The molecule has 0 aliphatic carbocycles. The highest BCUT2D eigenvalue weighted by atomic mass is 79.9. The summed E-state index contributed by atoms with van der Waals surface area (Å²) in [6, 6.07) is 3.94. The summed E-state index contributed by atoms with van der Waals surface area (Å²) in [4.78, 5) is 13.0. The molecule has 8 heteroatoms. The number of anilines is 1. The minimum atomic E-state index is -4.47. The second-order valence-corrected chi connectivity index (χ2v) is 5.40. The van der Waals surface area contributed by atoms with Crippen molar-refractivity contribution in [1.82, 2.24) is 0 Å². The van der Waals surface area contributed by atoms with Crippen LogP contribution in [-0.2, 0) is 20.4 Å². The fourth-order valence-electron chi connectivity index (χ4n) is 2.15. The van der Waals surface area contributed by atoms with Gasteiger partial charge in [-0.05, 0) is 18.2 Å². The molecule has 0 saturated carbocycles. The van der Waals surface area contributed by atoms with E-state index in [9.17, 15) is 18.0 Å². The van der Waals surface area contributed by atoms with Gasteiger partial charge in [-0.1, -0.05) is 15.9 Å². The average molecular weight is 368 g/mol. The topological polar surface area (TPSA) is 38.8 Å². The van der Waals surface area contributed by atoms with Gasteiger partial charge in [0.05, 0.1) is 25.8 Å². The Morgan fingerprint density at radius 2 is 2.19 bits per heavy atom. The molecule has 4 nitrogen and oxygen atoms in total. The van der Waals surface area contributed by atoms with Crippen molar-refractivity contribution in [3.8, 4) is 0 Å². The van der Waals surface area contributed by atoms with Crippen LogP contribution in [0.25, 0.3) is 0 Å². The maximum atomic E-state index is 13.1. The van der Waals surface area contributed by atoms with E-state index in [1.54, 1.807) is 0 Å². The standard InChI is InChI=1S/C13H13BrF3NO3/c1-20-12(19)11-7-18(4-5-21-11)10-3-2-8(14)6-9(10)13(15,16)17/h2-3,6,11H,4-5,7H2,1H3. The number of morpholine rings is 1. The molecule has 0 spiro atoms. The number of hydrogen-bond acceptors (Lipinski definition) is 4. The van der Waals surface area contributed by atoms with Gasteiger partial charge in [-0.2, -0.15) is 13.2 Å². The summed E-state index contributed by atoms with van der Waals surface area (Å²) in [6.45, 7) is 0.461. The third kappa shape index (κ3) is 3.68. The van der Waals surface area contributed by atoms with Crippen molar-refractivity contribution in [2.75, 3.05) is 31.7 Å². The number of benzene rings is 1. The van der Waals surface area contributed by atoms with Crippen molar-refractivity contribution in [3.63, 3.8) is 0 Å². The minimum Gasteiger partial charge on any atom is -0.467 e. The first kappa shape index (κ1) is 16.1. The van der Waals surface area contributed by atoms with E-state index in [1.165, 1.54) is 24.1 Å². The van der Waals surface area contributed by atoms with E-state index < -0.39 is 23.8 Å². The van der Waals surface area contributed by atoms with Crippen molar-refractivity contribution in [2.24, 2.45) is 0 Å². The van der Waals surface area contributed by atoms with Crippen LogP contribution in [0.15, 0.2) is 22.7 Å². The molecule has 1 heterocycles. The van der Waals surface area contributed by atoms with Crippen molar-refractivity contribution < 1.29 is 27.4 Å². The SMILES string of the molecule is COC(=O)C1CN(c2ccc(Br)cc2C(F)(F)F)CCO1. The number of rotatable bonds is 2. The summed E-state index contributed by atoms with van der Waals surface area (Å²) in [5, 5.41) is 0. The van der Waals surface area contributed by atoms with Gasteiger partial charge in [0.1, 0.15) is 0 Å². The molecule has 2 rings (SSSR count). The summed E-state index contributed by atoms with van der Waals surface area (Å²) < 4.78 is 49.5. The van der Waals surface area contributed by atoms with E-state index >= 15 is 0 Å². The largest absolute Gasteiger partial charge is 0.467 e. The fourth-order valence-corrected chi connectivity index (χ4v) is 2.51. The molecule has 0 bridgehead atoms. The smallest absolute Gasteiger partial charge is 0.418 e. The normalized spacial score (nSPS) is 19.5. The Labute approximate surface area is 127 Å². The van der Waals surface area contributed by atoms with Crippen molar-refractivity contribution in [1.29, 1.82) is 0 Å². The predicted molar refractivity (Wildman–Crippen MR) is 73.1 cm³/mol. The van der Waals surface area contributed by atoms with Gasteiger partial charge < -0.3 is 14.4 Å². The molecule has 1 saturated heterocycles. The Balaban J connectivity index is 2.31. The highest BCUT2D eigenvalue weighted by Crippen LogP contribution is 2.38. The lowest BCUT2D eigenvalue weighted by Gasteiger charge is -2.34. The lowest BCUT2D eigenvalue weighted by Crippen LogP contribution is -2.47. The molecule has 1 unspecified atom stereocenters. The Hall–Kier alpha value is -1.28. The van der Waals surface area contributed by atoms with Crippen LogP contribution in [0.4, 0.5) is 18.9 Å². The third-order valence-electron chi connectivity index (χ3n) is 3.14. The number of carbonyl (C=O) groups excluding carboxylic acids is 1. The zero-order chi connectivity index (χ0) is 15.6. The number of carbonyl (C=O) groups is 1. The van der Waals surface area contributed by atoms with Crippen LogP contribution < -0.4 is 4.90 Å². The monoisotopic (exact) mass is 367 g/mol. The van der Waals surface area contributed by atoms with Gasteiger partial charge in [0.15, 0.2) is 6.10 Å². The average Bonchev–Trinajstić information content (AvgIpc) is 2.45. The van der Waals surface area contributed by atoms with Crippen LogP contribution in [0.2, 0.25) is 0 Å². The van der Waals surface area contributed by atoms with Gasteiger partial charge >= 0.3 is 12.1 Å². The molecule has 0 radical (unpaired) electrons. The number of nitrogens with zero attached hydrogens (tertiary/aromatic N) is 1. The van der Waals surface area contributed by atoms with E-state index in [0.717, 1.165) is 6.07 Å². The number of alkyl halides is 3. The summed E-state index contributed by atoms with van der Waals surface area (Å²) >= 11 is 3.04. The molecular formula is C13H13BrF3NO3. The van der Waals surface area contributed by atoms with Crippen LogP contribution in [0, 0.1) is 0 Å². The van der Waals surface area contributed by atoms with Gasteiger partial charge in [0.25, 0.3) is 0 Å². The zero-order valence-electron chi connectivity index (χ0n) is 11.1. The van der Waals surface area contributed by atoms with E-state index in [-0.39, 0.29) is 25.4 Å². The number of methoxy groups -OCH3 is 1. The van der Waals surface area contributed by atoms with Crippen LogP contribution in [0.3, 0.4) is 0 Å². The van der Waals surface area contributed by atoms with Crippen molar-refractivity contribution >= 4 is 27.6 Å². The Morgan fingerprint density at radius 3 is 2.81 bits per heavy atom. The predicted octanol–water partition coefficient (Wildman–Crippen LogP) is 2.85. The van der Waals surface area contributed by atoms with Crippen LogP contribution in [0.5, 0.6) is 0 Å². The molecule has 1 aliphatic rings. The number of hydrogen-bond donors (Lipinski definition) is 0. The Kier molecular flexibility index (Phi) is 4.77. The summed E-state index contributed by atoms with van der Waals surface area (Å²) in [5.41, 5.74) is -0.717. The Bertz CT molecular complexity index is 536. The van der Waals surface area contributed by atoms with Crippen LogP contribution in [-0.4, -0.2) is 38.9 Å². The molecular weight excluding hydrogens is 355 g/mol. The van der Waals surface area contributed by atoms with E-state index in [0.29, 0.717) is 4.47 Å². The van der Waals surface area contributed by atoms with Gasteiger partial charge in [-0.3, -0.25) is 0 Å². The lowest BCUT2D eigenvalue weighted by atomic mass is 10.1. The molecule has 116 valence electrons. The van der Waals surface area contributed by atoms with E-state index in [2.05, 4.69) is 20.7 Å². The lowest BCUT2D eigenvalue weighted by molar-refractivity contribution is -0.154. The minimum absolute atomic E-state index is 0.0252. The molecule has 0 aromatic heterocycles. The molecule has 0 amide bonds. The van der Waals surface area contributed by atoms with Gasteiger partial charge in [0, 0.05) is 16.7 Å². The third-order valence-corrected chi connectivity index (χ3v) is 3.63. The van der Waals surface area contributed by atoms with E-state index in [1.807, 2.05) is 0 Å². The number of esters is 1. The maximum Gasteiger partial charge on any atom is 0.418 e. The summed E-state index contributed by atoms with van der Waals surface area (Å²) in [7, 11) is 1.21. The van der Waals surface area contributed by atoms with Crippen molar-refractivity contribution in [2.45, 2.75) is 12.3 Å². The molecule has 1 fully saturated rings. The molecule has 1 aromatic rings. The first-order valence-corrected chi connectivity index (χ1v) is 6.93. The summed E-state index contributed by atoms with van der Waals surface area (Å²) in [5.74, 6) is -0.592. The molecule has 1 atom stereocenters. The zero-order valence-corrected chi connectivity index (χ0v) is 12.7. The van der Waals surface area contributed by atoms with E-state index in [4.69, 9.17) is 4.74 Å². The first-order chi connectivity index (χ1) is 9.82. The molecule has 21 heavy (non-hydrogen) atoms. The highest BCUT2D eigenvalue weighted by molar-refractivity contribution is 9.10. The van der Waals surface area contributed by atoms with Crippen LogP contribution >= 0.6 is 15.9 Å². The van der Waals surface area contributed by atoms with Crippen molar-refractivity contribution in [3.05, 3.63) is 28.2 Å². The second-order valence-electron chi connectivity index (χ2n) is 4.49. The van der Waals surface area contributed by atoms with Gasteiger partial charge in [-0.15, -0.1) is 0 Å². The van der Waals surface area contributed by atoms with Gasteiger partial charge in [-0.25, -0.2) is 4.79 Å². The van der Waals surface area contributed by atoms with Crippen LogP contribution in [0.1, 0.15) is 5.56 Å². The summed E-state index contributed by atoms with van der Waals surface area (Å²) in [6.07, 6.45) is -5.36. The second kappa shape index (κ2) is 6.23. The maximum absolute atomic E-state index is 13.1. The molecule has 0 N–H and O–H groups in total. The molecule has 1 aromatic carbocycles. The quantitative estimate of drug-likeness (QED) is 0.753. The number of halogens is 4.